The molecule has 2 aromatic carbocycles. The first kappa shape index (κ1) is 17.6. The average Bonchev–Trinajstić information content (AvgIpc) is 3.05. The summed E-state index contributed by atoms with van der Waals surface area (Å²) in [6.45, 7) is 0.513. The quantitative estimate of drug-likeness (QED) is 0.738. The Hall–Kier alpha value is -3.20. The number of hydrogen-bond donors (Lipinski definition) is 0. The van der Waals surface area contributed by atoms with E-state index in [0.717, 1.165) is 11.6 Å². The van der Waals surface area contributed by atoms with Gasteiger partial charge in [-0.3, -0.25) is 4.90 Å². The van der Waals surface area contributed by atoms with Gasteiger partial charge in [0.25, 0.3) is 0 Å². The number of carbonyl (C=O) groups excluding carboxylic acids is 1. The van der Waals surface area contributed by atoms with Gasteiger partial charge in [0.15, 0.2) is 0 Å². The summed E-state index contributed by atoms with van der Waals surface area (Å²) in [5.74, 6) is 5.26. The maximum Gasteiger partial charge on any atom is 0.417 e. The zero-order valence-electron chi connectivity index (χ0n) is 13.6. The first-order valence-electron chi connectivity index (χ1n) is 7.84. The van der Waals surface area contributed by atoms with Crippen LogP contribution in [-0.2, 0) is 10.9 Å². The van der Waals surface area contributed by atoms with E-state index in [1.807, 2.05) is 30.3 Å². The Morgan fingerprint density at radius 1 is 1.08 bits per heavy atom. The minimum Gasteiger partial charge on any atom is -0.447 e. The second-order valence-electron chi connectivity index (χ2n) is 5.50. The molecule has 0 radical (unpaired) electrons. The number of benzene rings is 2. The molecule has 26 heavy (non-hydrogen) atoms. The second kappa shape index (κ2) is 7.36. The molecule has 0 spiro atoms. The number of rotatable bonds is 2. The Balaban J connectivity index is 2.02. The van der Waals surface area contributed by atoms with Crippen molar-refractivity contribution < 1.29 is 22.7 Å². The molecule has 0 saturated carbocycles. The summed E-state index contributed by atoms with van der Waals surface area (Å²) in [5.41, 5.74) is 0.110. The predicted molar refractivity (Wildman–Crippen MR) is 90.8 cm³/mol. The predicted octanol–water partition coefficient (Wildman–Crippen LogP) is 4.55. The number of allylic oxidation sites excluding steroid dienone is 1. The van der Waals surface area contributed by atoms with E-state index in [1.54, 1.807) is 6.08 Å². The van der Waals surface area contributed by atoms with Crippen LogP contribution in [-0.4, -0.2) is 24.1 Å². The smallest absolute Gasteiger partial charge is 0.417 e. The summed E-state index contributed by atoms with van der Waals surface area (Å²) in [6.07, 6.45) is -3.41. The summed E-state index contributed by atoms with van der Waals surface area (Å²) in [5, 5.41) is 0. The van der Waals surface area contributed by atoms with Gasteiger partial charge in [0.05, 0.1) is 17.8 Å². The summed E-state index contributed by atoms with van der Waals surface area (Å²) >= 11 is 0. The molecule has 0 aliphatic carbocycles. The lowest BCUT2D eigenvalue weighted by atomic mass is 10.1. The van der Waals surface area contributed by atoms with Crippen LogP contribution in [0.2, 0.25) is 0 Å². The third-order valence-corrected chi connectivity index (χ3v) is 3.71. The molecule has 1 aliphatic rings. The largest absolute Gasteiger partial charge is 0.447 e. The maximum atomic E-state index is 13.1. The Labute approximate surface area is 148 Å². The van der Waals surface area contributed by atoms with Crippen molar-refractivity contribution in [2.24, 2.45) is 0 Å². The molecule has 1 heterocycles. The van der Waals surface area contributed by atoms with Crippen molar-refractivity contribution in [1.82, 2.24) is 4.90 Å². The molecular weight excluding hydrogens is 343 g/mol. The van der Waals surface area contributed by atoms with E-state index in [9.17, 15) is 18.0 Å². The molecule has 0 aromatic heterocycles. The number of hydrogen-bond acceptors (Lipinski definition) is 2. The van der Waals surface area contributed by atoms with E-state index in [4.69, 9.17) is 4.74 Å². The van der Waals surface area contributed by atoms with Crippen molar-refractivity contribution in [3.05, 3.63) is 77.0 Å². The Morgan fingerprint density at radius 2 is 1.77 bits per heavy atom. The highest BCUT2D eigenvalue weighted by Gasteiger charge is 2.32. The number of halogens is 3. The van der Waals surface area contributed by atoms with Crippen LogP contribution in [0, 0.1) is 11.8 Å². The molecule has 0 atom stereocenters. The Kier molecular flexibility index (Phi) is 4.99. The molecule has 6 heteroatoms. The lowest BCUT2D eigenvalue weighted by Gasteiger charge is -2.12. The first-order valence-corrected chi connectivity index (χ1v) is 7.84. The highest BCUT2D eigenvalue weighted by Crippen LogP contribution is 2.31. The highest BCUT2D eigenvalue weighted by atomic mass is 19.4. The van der Waals surface area contributed by atoms with Crippen LogP contribution < -0.4 is 0 Å². The molecule has 0 bridgehead atoms. The highest BCUT2D eigenvalue weighted by molar-refractivity contribution is 5.76. The van der Waals surface area contributed by atoms with Crippen LogP contribution in [0.5, 0.6) is 0 Å². The molecule has 1 amide bonds. The monoisotopic (exact) mass is 357 g/mol. The standard InChI is InChI=1S/C20H14F3NO2/c21-20(22,23)18-9-5-4-8-16(18)10-11-17(24-12-13-26-19(24)25)14-15-6-2-1-3-7-15/h1-9,14H,12-13H2/b17-14-. The summed E-state index contributed by atoms with van der Waals surface area (Å²) < 4.78 is 44.3. The first-order chi connectivity index (χ1) is 12.4. The van der Waals surface area contributed by atoms with E-state index in [2.05, 4.69) is 11.8 Å². The zero-order valence-corrected chi connectivity index (χ0v) is 13.6. The van der Waals surface area contributed by atoms with Crippen LogP contribution in [0.15, 0.2) is 60.3 Å². The fourth-order valence-electron chi connectivity index (χ4n) is 2.47. The Bertz CT molecular complexity index is 893. The van der Waals surface area contributed by atoms with Gasteiger partial charge >= 0.3 is 12.3 Å². The summed E-state index contributed by atoms with van der Waals surface area (Å²) in [4.78, 5) is 13.2. The van der Waals surface area contributed by atoms with E-state index in [0.29, 0.717) is 6.54 Å². The van der Waals surface area contributed by atoms with Gasteiger partial charge in [0.2, 0.25) is 0 Å². The average molecular weight is 357 g/mol. The molecule has 1 fully saturated rings. The van der Waals surface area contributed by atoms with Gasteiger partial charge in [-0.15, -0.1) is 0 Å². The molecule has 0 N–H and O–H groups in total. The number of ether oxygens (including phenoxy) is 1. The van der Waals surface area contributed by atoms with Crippen LogP contribution >= 0.6 is 0 Å². The van der Waals surface area contributed by atoms with Crippen molar-refractivity contribution >= 4 is 12.2 Å². The molecule has 2 aromatic rings. The lowest BCUT2D eigenvalue weighted by Crippen LogP contribution is -2.22. The number of amides is 1. The van der Waals surface area contributed by atoms with Crippen LogP contribution in [0.3, 0.4) is 0 Å². The van der Waals surface area contributed by atoms with Gasteiger partial charge in [-0.25, -0.2) is 4.79 Å². The van der Waals surface area contributed by atoms with E-state index in [1.165, 1.54) is 23.1 Å². The fourth-order valence-corrected chi connectivity index (χ4v) is 2.47. The zero-order chi connectivity index (χ0) is 18.6. The topological polar surface area (TPSA) is 29.5 Å². The maximum absolute atomic E-state index is 13.1. The lowest BCUT2D eigenvalue weighted by molar-refractivity contribution is -0.137. The second-order valence-corrected chi connectivity index (χ2v) is 5.50. The van der Waals surface area contributed by atoms with Gasteiger partial charge in [-0.05, 0) is 29.7 Å². The third kappa shape index (κ3) is 4.06. The molecular formula is C20H14F3NO2. The van der Waals surface area contributed by atoms with Crippen molar-refractivity contribution in [2.75, 3.05) is 13.2 Å². The fraction of sp³-hybridized carbons (Fsp3) is 0.150. The molecule has 1 aliphatic heterocycles. The van der Waals surface area contributed by atoms with Crippen molar-refractivity contribution in [3.8, 4) is 11.8 Å². The summed E-state index contributed by atoms with van der Waals surface area (Å²) in [6, 6.07) is 14.2. The van der Waals surface area contributed by atoms with Crippen LogP contribution in [0.4, 0.5) is 18.0 Å². The minimum absolute atomic E-state index is 0.147. The molecule has 132 valence electrons. The molecule has 3 rings (SSSR count). The normalized spacial score (nSPS) is 14.7. The van der Waals surface area contributed by atoms with Crippen molar-refractivity contribution in [3.63, 3.8) is 0 Å². The molecule has 0 unspecified atom stereocenters. The van der Waals surface area contributed by atoms with Crippen molar-refractivity contribution in [1.29, 1.82) is 0 Å². The van der Waals surface area contributed by atoms with Gasteiger partial charge in [0.1, 0.15) is 6.61 Å². The van der Waals surface area contributed by atoms with Crippen molar-refractivity contribution in [2.45, 2.75) is 6.18 Å². The Morgan fingerprint density at radius 3 is 2.42 bits per heavy atom. The van der Waals surface area contributed by atoms with Crippen LogP contribution in [0.25, 0.3) is 6.08 Å². The third-order valence-electron chi connectivity index (χ3n) is 3.71. The van der Waals surface area contributed by atoms with Gasteiger partial charge in [-0.1, -0.05) is 48.4 Å². The van der Waals surface area contributed by atoms with Gasteiger partial charge < -0.3 is 4.74 Å². The van der Waals surface area contributed by atoms with E-state index < -0.39 is 17.8 Å². The number of carbonyl (C=O) groups is 1. The van der Waals surface area contributed by atoms with E-state index >= 15 is 0 Å². The summed E-state index contributed by atoms with van der Waals surface area (Å²) in [7, 11) is 0. The number of alkyl halides is 3. The van der Waals surface area contributed by atoms with E-state index in [-0.39, 0.29) is 17.9 Å². The number of nitrogens with zero attached hydrogens (tertiary/aromatic N) is 1. The van der Waals surface area contributed by atoms with Gasteiger partial charge in [0, 0.05) is 5.56 Å². The van der Waals surface area contributed by atoms with Crippen LogP contribution in [0.1, 0.15) is 16.7 Å². The SMILES string of the molecule is O=C1OCCN1/C(C#Cc1ccccc1C(F)(F)F)=C\c1ccccc1. The minimum atomic E-state index is -4.50. The number of cyclic esters (lactones) is 1. The molecule has 3 nitrogen and oxygen atoms in total. The van der Waals surface area contributed by atoms with Gasteiger partial charge in [-0.2, -0.15) is 13.2 Å². The molecule has 1 saturated heterocycles.